The summed E-state index contributed by atoms with van der Waals surface area (Å²) in [5.41, 5.74) is 1.36. The Bertz CT molecular complexity index is 236. The summed E-state index contributed by atoms with van der Waals surface area (Å²) in [6.07, 6.45) is 3.75. The second kappa shape index (κ2) is 4.60. The van der Waals surface area contributed by atoms with E-state index in [4.69, 9.17) is 4.74 Å². The van der Waals surface area contributed by atoms with Crippen molar-refractivity contribution in [2.75, 3.05) is 0 Å². The van der Waals surface area contributed by atoms with Crippen LogP contribution in [0.5, 0.6) is 5.75 Å². The molecule has 0 aliphatic rings. The van der Waals surface area contributed by atoms with Crippen LogP contribution < -0.4 is 4.74 Å². The predicted octanol–water partition coefficient (Wildman–Crippen LogP) is 3.16. The van der Waals surface area contributed by atoms with Crippen LogP contribution in [0, 0.1) is 0 Å². The van der Waals surface area contributed by atoms with Crippen molar-refractivity contribution in [3.8, 4) is 5.75 Å². The molecule has 64 valence electrons. The van der Waals surface area contributed by atoms with Crippen molar-refractivity contribution in [3.63, 3.8) is 0 Å². The Hall–Kier alpha value is -1.24. The highest BCUT2D eigenvalue weighted by molar-refractivity contribution is 5.27. The molecule has 1 aromatic carbocycles. The Morgan fingerprint density at radius 3 is 2.50 bits per heavy atom. The molecule has 0 bridgehead atoms. The quantitative estimate of drug-likeness (QED) is 0.618. The van der Waals surface area contributed by atoms with Crippen LogP contribution >= 0.6 is 0 Å². The molecule has 0 N–H and O–H groups in total. The van der Waals surface area contributed by atoms with E-state index >= 15 is 0 Å². The lowest BCUT2D eigenvalue weighted by Gasteiger charge is -2.01. The molecule has 0 amide bonds. The lowest BCUT2D eigenvalue weighted by molar-refractivity contribution is 0.483. The highest BCUT2D eigenvalue weighted by Crippen LogP contribution is 2.13. The Morgan fingerprint density at radius 2 is 2.00 bits per heavy atom. The first-order valence-corrected chi connectivity index (χ1v) is 4.23. The normalized spacial score (nSPS) is 9.42. The first kappa shape index (κ1) is 8.85. The number of rotatable bonds is 4. The van der Waals surface area contributed by atoms with Crippen molar-refractivity contribution in [1.29, 1.82) is 0 Å². The molecule has 0 aromatic heterocycles. The van der Waals surface area contributed by atoms with Gasteiger partial charge in [-0.2, -0.15) is 0 Å². The molecular weight excluding hydrogens is 148 g/mol. The molecule has 1 heteroatoms. The maximum absolute atomic E-state index is 5.10. The fraction of sp³-hybridized carbons (Fsp3) is 0.273. The van der Waals surface area contributed by atoms with Gasteiger partial charge in [0.25, 0.3) is 0 Å². The summed E-state index contributed by atoms with van der Waals surface area (Å²) in [7, 11) is 0. The smallest absolute Gasteiger partial charge is 0.126 e. The Kier molecular flexibility index (Phi) is 3.39. The molecule has 0 fully saturated rings. The maximum atomic E-state index is 5.10. The van der Waals surface area contributed by atoms with Gasteiger partial charge >= 0.3 is 0 Å². The lowest BCUT2D eigenvalue weighted by atomic mass is 10.1. The summed E-state index contributed by atoms with van der Waals surface area (Å²) in [6.45, 7) is 5.67. The van der Waals surface area contributed by atoms with Crippen molar-refractivity contribution >= 4 is 0 Å². The zero-order valence-electron chi connectivity index (χ0n) is 7.42. The van der Waals surface area contributed by atoms with Crippen LogP contribution in [0.1, 0.15) is 18.9 Å². The average Bonchev–Trinajstić information content (AvgIpc) is 2.09. The van der Waals surface area contributed by atoms with Gasteiger partial charge in [-0.3, -0.25) is 0 Å². The molecule has 1 rings (SSSR count). The Labute approximate surface area is 73.7 Å². The number of hydrogen-bond donors (Lipinski definition) is 0. The molecule has 0 heterocycles. The average molecular weight is 162 g/mol. The van der Waals surface area contributed by atoms with E-state index in [2.05, 4.69) is 25.6 Å². The minimum Gasteiger partial charge on any atom is -0.466 e. The lowest BCUT2D eigenvalue weighted by Crippen LogP contribution is -1.84. The van der Waals surface area contributed by atoms with Crippen LogP contribution in [0.4, 0.5) is 0 Å². The summed E-state index contributed by atoms with van der Waals surface area (Å²) in [4.78, 5) is 0. The highest BCUT2D eigenvalue weighted by Gasteiger charge is 1.92. The minimum absolute atomic E-state index is 0.852. The molecule has 0 spiro atoms. The summed E-state index contributed by atoms with van der Waals surface area (Å²) >= 11 is 0. The van der Waals surface area contributed by atoms with Gasteiger partial charge in [-0.05, 0) is 24.1 Å². The monoisotopic (exact) mass is 162 g/mol. The van der Waals surface area contributed by atoms with Gasteiger partial charge in [0, 0.05) is 0 Å². The van der Waals surface area contributed by atoms with Crippen LogP contribution in [-0.4, -0.2) is 0 Å². The largest absolute Gasteiger partial charge is 0.466 e. The third kappa shape index (κ3) is 2.42. The third-order valence-electron chi connectivity index (χ3n) is 1.68. The maximum Gasteiger partial charge on any atom is 0.126 e. The number of ether oxygens (including phenoxy) is 1. The molecule has 0 saturated carbocycles. The van der Waals surface area contributed by atoms with Gasteiger partial charge in [0.1, 0.15) is 5.75 Å². The molecule has 0 saturated heterocycles. The third-order valence-corrected chi connectivity index (χ3v) is 1.68. The molecule has 12 heavy (non-hydrogen) atoms. The van der Waals surface area contributed by atoms with E-state index in [1.165, 1.54) is 18.2 Å². The minimum atomic E-state index is 0.852. The molecule has 0 aliphatic carbocycles. The van der Waals surface area contributed by atoms with Gasteiger partial charge in [0.2, 0.25) is 0 Å². The molecule has 0 radical (unpaired) electrons. The van der Waals surface area contributed by atoms with E-state index in [1.807, 2.05) is 12.1 Å². The molecule has 0 unspecified atom stereocenters. The van der Waals surface area contributed by atoms with Crippen LogP contribution in [0.2, 0.25) is 0 Å². The summed E-state index contributed by atoms with van der Waals surface area (Å²) < 4.78 is 5.10. The van der Waals surface area contributed by atoms with Gasteiger partial charge in [0.05, 0.1) is 6.26 Å². The predicted molar refractivity (Wildman–Crippen MR) is 51.3 cm³/mol. The Morgan fingerprint density at radius 1 is 1.33 bits per heavy atom. The number of aryl methyl sites for hydroxylation is 1. The fourth-order valence-electron chi connectivity index (χ4n) is 1.12. The van der Waals surface area contributed by atoms with E-state index in [9.17, 15) is 0 Å². The second-order valence-electron chi connectivity index (χ2n) is 2.68. The van der Waals surface area contributed by atoms with Crippen LogP contribution in [0.3, 0.4) is 0 Å². The topological polar surface area (TPSA) is 9.23 Å². The molecule has 0 aliphatic heterocycles. The summed E-state index contributed by atoms with van der Waals surface area (Å²) in [5, 5.41) is 0. The van der Waals surface area contributed by atoms with Gasteiger partial charge in [-0.15, -0.1) is 0 Å². The first-order chi connectivity index (χ1) is 5.86. The summed E-state index contributed by atoms with van der Waals surface area (Å²) in [6, 6.07) is 8.10. The molecular formula is C11H14O. The van der Waals surface area contributed by atoms with Crippen molar-refractivity contribution in [3.05, 3.63) is 42.7 Å². The zero-order valence-corrected chi connectivity index (χ0v) is 7.42. The van der Waals surface area contributed by atoms with E-state index in [1.54, 1.807) is 0 Å². The molecule has 1 aromatic rings. The van der Waals surface area contributed by atoms with Crippen molar-refractivity contribution < 1.29 is 4.74 Å². The van der Waals surface area contributed by atoms with E-state index in [-0.39, 0.29) is 0 Å². The van der Waals surface area contributed by atoms with Gasteiger partial charge in [-0.1, -0.05) is 32.1 Å². The first-order valence-electron chi connectivity index (χ1n) is 4.23. The van der Waals surface area contributed by atoms with Gasteiger partial charge in [0.15, 0.2) is 0 Å². The zero-order chi connectivity index (χ0) is 8.81. The van der Waals surface area contributed by atoms with Crippen molar-refractivity contribution in [2.45, 2.75) is 19.8 Å². The van der Waals surface area contributed by atoms with Crippen LogP contribution in [0.15, 0.2) is 37.1 Å². The van der Waals surface area contributed by atoms with E-state index < -0.39 is 0 Å². The standard InChI is InChI=1S/C11H14O/c1-3-5-10-6-8-11(9-7-10)12-4-2/h4,6-9H,2-3,5H2,1H3. The summed E-state index contributed by atoms with van der Waals surface area (Å²) in [5.74, 6) is 0.852. The van der Waals surface area contributed by atoms with Crippen molar-refractivity contribution in [1.82, 2.24) is 0 Å². The number of benzene rings is 1. The van der Waals surface area contributed by atoms with Crippen LogP contribution in [0.25, 0.3) is 0 Å². The second-order valence-corrected chi connectivity index (χ2v) is 2.68. The van der Waals surface area contributed by atoms with Gasteiger partial charge in [-0.25, -0.2) is 0 Å². The SMILES string of the molecule is C=COc1ccc(CCC)cc1. The molecule has 0 atom stereocenters. The Balaban J connectivity index is 2.64. The molecule has 1 nitrogen and oxygen atoms in total. The highest BCUT2D eigenvalue weighted by atomic mass is 16.5. The van der Waals surface area contributed by atoms with Crippen LogP contribution in [-0.2, 0) is 6.42 Å². The van der Waals surface area contributed by atoms with Gasteiger partial charge < -0.3 is 4.74 Å². The van der Waals surface area contributed by atoms with Crippen molar-refractivity contribution in [2.24, 2.45) is 0 Å². The number of hydrogen-bond acceptors (Lipinski definition) is 1. The van der Waals surface area contributed by atoms with E-state index in [0.717, 1.165) is 12.2 Å². The van der Waals surface area contributed by atoms with E-state index in [0.29, 0.717) is 0 Å². The fourth-order valence-corrected chi connectivity index (χ4v) is 1.12.